The van der Waals surface area contributed by atoms with Crippen LogP contribution >= 0.6 is 0 Å². The number of oxazole rings is 1. The van der Waals surface area contributed by atoms with Crippen molar-refractivity contribution in [3.05, 3.63) is 144 Å². The number of rotatable bonds is 7. The van der Waals surface area contributed by atoms with Gasteiger partial charge in [0.15, 0.2) is 5.58 Å². The predicted octanol–water partition coefficient (Wildman–Crippen LogP) is 12.2. The summed E-state index contributed by atoms with van der Waals surface area (Å²) in [6.45, 7) is 11.2. The Balaban J connectivity index is 1.29. The van der Waals surface area contributed by atoms with E-state index in [1.54, 1.807) is 0 Å². The summed E-state index contributed by atoms with van der Waals surface area (Å²) in [7, 11) is 0. The van der Waals surface area contributed by atoms with E-state index in [1.165, 1.54) is 33.0 Å². The molecule has 7 aromatic rings. The number of fused-ring (bicyclic) bond motifs is 2. The average molecular weight is 613 g/mol. The highest BCUT2D eigenvalue weighted by Gasteiger charge is 2.21. The molecule has 7 rings (SSSR count). The second kappa shape index (κ2) is 12.5. The number of hydrogen-bond acceptors (Lipinski definition) is 3. The molecule has 6 aromatic carbocycles. The molecule has 3 heteroatoms. The van der Waals surface area contributed by atoms with Gasteiger partial charge in [0.25, 0.3) is 0 Å². The fourth-order valence-electron chi connectivity index (χ4n) is 6.26. The summed E-state index contributed by atoms with van der Waals surface area (Å²) in [5.41, 5.74) is 11.5. The molecule has 0 bridgehead atoms. The van der Waals surface area contributed by atoms with Crippen molar-refractivity contribution < 1.29 is 4.42 Å². The minimum absolute atomic E-state index is 0.0622. The van der Waals surface area contributed by atoms with Crippen LogP contribution in [-0.2, 0) is 11.8 Å². The van der Waals surface area contributed by atoms with Crippen LogP contribution in [0.3, 0.4) is 0 Å². The van der Waals surface area contributed by atoms with Crippen molar-refractivity contribution in [1.82, 2.24) is 4.98 Å². The molecule has 0 radical (unpaired) electrons. The number of para-hydroxylation sites is 1. The molecule has 0 N–H and O–H groups in total. The van der Waals surface area contributed by atoms with Crippen molar-refractivity contribution in [3.63, 3.8) is 0 Å². The zero-order valence-corrected chi connectivity index (χ0v) is 27.8. The van der Waals surface area contributed by atoms with Gasteiger partial charge in [0.2, 0.25) is 5.89 Å². The molecule has 0 aliphatic rings. The highest BCUT2D eigenvalue weighted by molar-refractivity contribution is 6.01. The Hall–Kier alpha value is -5.28. The summed E-state index contributed by atoms with van der Waals surface area (Å²) in [5, 5.41) is 2.37. The molecule has 0 unspecified atom stereocenters. The van der Waals surface area contributed by atoms with E-state index in [0.717, 1.165) is 45.5 Å². The van der Waals surface area contributed by atoms with E-state index in [4.69, 9.17) is 14.4 Å². The van der Waals surface area contributed by atoms with Crippen LogP contribution in [0.25, 0.3) is 55.6 Å². The molecule has 47 heavy (non-hydrogen) atoms. The van der Waals surface area contributed by atoms with E-state index in [1.807, 2.05) is 30.5 Å². The fourth-order valence-corrected chi connectivity index (χ4v) is 6.26. The molecule has 232 valence electrons. The van der Waals surface area contributed by atoms with Crippen LogP contribution < -0.4 is 0 Å². The van der Waals surface area contributed by atoms with E-state index in [-0.39, 0.29) is 5.41 Å². The summed E-state index contributed by atoms with van der Waals surface area (Å²) in [6, 6.07) is 44.9. The van der Waals surface area contributed by atoms with Gasteiger partial charge >= 0.3 is 0 Å². The van der Waals surface area contributed by atoms with Crippen LogP contribution in [0.4, 0.5) is 5.69 Å². The molecule has 0 fully saturated rings. The van der Waals surface area contributed by atoms with Crippen LogP contribution in [0.1, 0.15) is 51.3 Å². The average Bonchev–Trinajstić information content (AvgIpc) is 3.51. The lowest BCUT2D eigenvalue weighted by molar-refractivity contribution is 0.584. The van der Waals surface area contributed by atoms with Gasteiger partial charge in [-0.25, -0.2) is 4.98 Å². The highest BCUT2D eigenvalue weighted by atomic mass is 16.3. The van der Waals surface area contributed by atoms with Crippen molar-refractivity contribution in [3.8, 4) is 33.7 Å². The summed E-state index contributed by atoms with van der Waals surface area (Å²) in [6.07, 6.45) is 3.02. The van der Waals surface area contributed by atoms with Gasteiger partial charge in [-0.1, -0.05) is 138 Å². The van der Waals surface area contributed by atoms with E-state index < -0.39 is 0 Å². The van der Waals surface area contributed by atoms with Gasteiger partial charge in [-0.3, -0.25) is 4.99 Å². The molecule has 0 saturated carbocycles. The molecular formula is C44H40N2O. The zero-order valence-electron chi connectivity index (χ0n) is 27.8. The lowest BCUT2D eigenvalue weighted by Gasteiger charge is -2.20. The van der Waals surface area contributed by atoms with Crippen LogP contribution in [0, 0.1) is 5.92 Å². The second-order valence-corrected chi connectivity index (χ2v) is 13.9. The lowest BCUT2D eigenvalue weighted by atomic mass is 9.85. The first-order valence-electron chi connectivity index (χ1n) is 16.5. The molecule has 0 aliphatic carbocycles. The van der Waals surface area contributed by atoms with E-state index >= 15 is 0 Å². The molecule has 0 spiro atoms. The Labute approximate surface area is 277 Å². The predicted molar refractivity (Wildman–Crippen MR) is 199 cm³/mol. The van der Waals surface area contributed by atoms with Crippen molar-refractivity contribution in [1.29, 1.82) is 0 Å². The normalized spacial score (nSPS) is 12.1. The van der Waals surface area contributed by atoms with Gasteiger partial charge < -0.3 is 4.42 Å². The quantitative estimate of drug-likeness (QED) is 0.168. The highest BCUT2D eigenvalue weighted by Crippen LogP contribution is 2.39. The molecule has 1 aromatic heterocycles. The van der Waals surface area contributed by atoms with Gasteiger partial charge in [0.1, 0.15) is 5.52 Å². The molecule has 0 saturated heterocycles. The summed E-state index contributed by atoms with van der Waals surface area (Å²) >= 11 is 0. The Morgan fingerprint density at radius 2 is 1.43 bits per heavy atom. The first-order valence-corrected chi connectivity index (χ1v) is 16.5. The molecule has 0 aliphatic heterocycles. The van der Waals surface area contributed by atoms with Gasteiger partial charge in [0.05, 0.1) is 11.3 Å². The van der Waals surface area contributed by atoms with E-state index in [2.05, 4.69) is 138 Å². The molecular weight excluding hydrogens is 572 g/mol. The van der Waals surface area contributed by atoms with Crippen LogP contribution in [-0.4, -0.2) is 11.2 Å². The maximum absolute atomic E-state index is 6.57. The molecule has 0 atom stereocenters. The maximum Gasteiger partial charge on any atom is 0.229 e. The first kappa shape index (κ1) is 30.4. The SMILES string of the molecule is CC(C)Cc1cccc(-c2ccc(-c3cc(C(C)(C)C)cc4oc(-c5ccccc5N=Cc5cccc6ccccc56)nc34)cc2)c1. The third-order valence-electron chi connectivity index (χ3n) is 8.76. The summed E-state index contributed by atoms with van der Waals surface area (Å²) < 4.78 is 6.57. The van der Waals surface area contributed by atoms with Crippen molar-refractivity contribution in [2.24, 2.45) is 10.9 Å². The summed E-state index contributed by atoms with van der Waals surface area (Å²) in [4.78, 5) is 10.1. The second-order valence-electron chi connectivity index (χ2n) is 13.9. The maximum atomic E-state index is 6.57. The molecule has 0 amide bonds. The summed E-state index contributed by atoms with van der Waals surface area (Å²) in [5.74, 6) is 1.19. The number of aliphatic imine (C=N–C) groups is 1. The minimum atomic E-state index is -0.0622. The smallest absolute Gasteiger partial charge is 0.229 e. The zero-order chi connectivity index (χ0) is 32.5. The molecule has 1 heterocycles. The van der Waals surface area contributed by atoms with Gasteiger partial charge in [-0.05, 0) is 80.6 Å². The minimum Gasteiger partial charge on any atom is -0.436 e. The Bertz CT molecular complexity index is 2220. The topological polar surface area (TPSA) is 38.4 Å². The Kier molecular flexibility index (Phi) is 8.07. The third kappa shape index (κ3) is 6.39. The third-order valence-corrected chi connectivity index (χ3v) is 8.76. The van der Waals surface area contributed by atoms with Gasteiger partial charge in [0, 0.05) is 17.3 Å². The van der Waals surface area contributed by atoms with Crippen molar-refractivity contribution in [2.75, 3.05) is 0 Å². The number of aromatic nitrogens is 1. The van der Waals surface area contributed by atoms with Gasteiger partial charge in [-0.15, -0.1) is 0 Å². The van der Waals surface area contributed by atoms with E-state index in [0.29, 0.717) is 11.8 Å². The fraction of sp³-hybridized carbons (Fsp3) is 0.182. The largest absolute Gasteiger partial charge is 0.436 e. The Morgan fingerprint density at radius 3 is 2.23 bits per heavy atom. The van der Waals surface area contributed by atoms with E-state index in [9.17, 15) is 0 Å². The van der Waals surface area contributed by atoms with Crippen LogP contribution in [0.5, 0.6) is 0 Å². The number of hydrogen-bond donors (Lipinski definition) is 0. The monoisotopic (exact) mass is 612 g/mol. The van der Waals surface area contributed by atoms with Crippen LogP contribution in [0.2, 0.25) is 0 Å². The molecule has 3 nitrogen and oxygen atoms in total. The standard InChI is InChI=1S/C44H40N2O/c1-29(2)24-30-12-10-15-34(25-30)31-20-22-33(23-21-31)39-26-36(44(3,4)5)27-41-42(39)46-43(47-41)38-18-8-9-19-40(38)45-28-35-16-11-14-32-13-6-7-17-37(32)35/h6-23,25-29H,24H2,1-5H3. The number of benzene rings is 6. The number of nitrogens with zero attached hydrogens (tertiary/aromatic N) is 2. The first-order chi connectivity index (χ1) is 22.7. The van der Waals surface area contributed by atoms with Crippen molar-refractivity contribution in [2.45, 2.75) is 46.5 Å². The van der Waals surface area contributed by atoms with Crippen molar-refractivity contribution >= 4 is 33.8 Å². The Morgan fingerprint density at radius 1 is 0.702 bits per heavy atom. The van der Waals surface area contributed by atoms with Crippen LogP contribution in [0.15, 0.2) is 137 Å². The lowest BCUT2D eigenvalue weighted by Crippen LogP contribution is -2.11. The van der Waals surface area contributed by atoms with Gasteiger partial charge in [-0.2, -0.15) is 0 Å².